The van der Waals surface area contributed by atoms with Crippen LogP contribution in [0.3, 0.4) is 0 Å². The van der Waals surface area contributed by atoms with Crippen molar-refractivity contribution in [2.45, 2.75) is 51.5 Å². The molecule has 0 spiro atoms. The van der Waals surface area contributed by atoms with E-state index in [0.29, 0.717) is 18.9 Å². The number of piperidine rings is 1. The lowest BCUT2D eigenvalue weighted by Crippen LogP contribution is -2.53. The van der Waals surface area contributed by atoms with E-state index in [4.69, 9.17) is 5.73 Å². The first kappa shape index (κ1) is 13.8. The number of nitrogens with two attached hydrogens (primary N) is 1. The SMILES string of the molecule is CC(C)CC(C)(N)CN1CCCC(F)(F)C1. The van der Waals surface area contributed by atoms with E-state index < -0.39 is 5.92 Å². The summed E-state index contributed by atoms with van der Waals surface area (Å²) in [6.45, 7) is 7.37. The normalized spacial score (nSPS) is 25.7. The average Bonchev–Trinajstić information content (AvgIpc) is 1.96. The molecule has 4 heteroatoms. The predicted molar refractivity (Wildman–Crippen MR) is 62.7 cm³/mol. The van der Waals surface area contributed by atoms with Gasteiger partial charge in [-0.05, 0) is 32.2 Å². The van der Waals surface area contributed by atoms with Gasteiger partial charge in [0.25, 0.3) is 5.92 Å². The second-order valence-corrected chi connectivity index (χ2v) is 5.92. The Morgan fingerprint density at radius 3 is 2.56 bits per heavy atom. The maximum atomic E-state index is 13.2. The molecule has 1 rings (SSSR count). The van der Waals surface area contributed by atoms with Crippen LogP contribution in [0.25, 0.3) is 0 Å². The molecule has 1 heterocycles. The molecule has 1 aliphatic rings. The predicted octanol–water partition coefficient (Wildman–Crippen LogP) is 2.48. The molecule has 1 fully saturated rings. The summed E-state index contributed by atoms with van der Waals surface area (Å²) >= 11 is 0. The van der Waals surface area contributed by atoms with Gasteiger partial charge < -0.3 is 5.73 Å². The molecule has 16 heavy (non-hydrogen) atoms. The molecule has 1 unspecified atom stereocenters. The van der Waals surface area contributed by atoms with Crippen LogP contribution in [-0.2, 0) is 0 Å². The molecule has 96 valence electrons. The Balaban J connectivity index is 2.47. The number of likely N-dealkylation sites (tertiary alicyclic amines) is 1. The van der Waals surface area contributed by atoms with Crippen LogP contribution in [0.4, 0.5) is 8.78 Å². The third kappa shape index (κ3) is 4.74. The Morgan fingerprint density at radius 1 is 1.44 bits per heavy atom. The highest BCUT2D eigenvalue weighted by Gasteiger charge is 2.37. The van der Waals surface area contributed by atoms with E-state index >= 15 is 0 Å². The van der Waals surface area contributed by atoms with Crippen molar-refractivity contribution < 1.29 is 8.78 Å². The van der Waals surface area contributed by atoms with E-state index in [2.05, 4.69) is 13.8 Å². The molecule has 0 saturated carbocycles. The number of rotatable bonds is 4. The zero-order chi connectivity index (χ0) is 12.4. The first-order chi connectivity index (χ1) is 7.20. The summed E-state index contributed by atoms with van der Waals surface area (Å²) in [5.41, 5.74) is 5.79. The smallest absolute Gasteiger partial charge is 0.260 e. The molecule has 0 bridgehead atoms. The lowest BCUT2D eigenvalue weighted by molar-refractivity contribution is -0.0681. The van der Waals surface area contributed by atoms with E-state index in [1.807, 2.05) is 11.8 Å². The second-order valence-electron chi connectivity index (χ2n) is 5.92. The summed E-state index contributed by atoms with van der Waals surface area (Å²) in [6.07, 6.45) is 1.47. The van der Waals surface area contributed by atoms with Gasteiger partial charge in [0, 0.05) is 18.5 Å². The van der Waals surface area contributed by atoms with Crippen molar-refractivity contribution in [3.05, 3.63) is 0 Å². The minimum Gasteiger partial charge on any atom is -0.324 e. The number of halogens is 2. The van der Waals surface area contributed by atoms with E-state index in [-0.39, 0.29) is 18.5 Å². The zero-order valence-corrected chi connectivity index (χ0v) is 10.6. The van der Waals surface area contributed by atoms with Crippen molar-refractivity contribution in [3.63, 3.8) is 0 Å². The molecular formula is C12H24F2N2. The van der Waals surface area contributed by atoms with E-state index in [0.717, 1.165) is 13.0 Å². The van der Waals surface area contributed by atoms with Crippen molar-refractivity contribution in [2.24, 2.45) is 11.7 Å². The number of nitrogens with zero attached hydrogens (tertiary/aromatic N) is 1. The van der Waals surface area contributed by atoms with Crippen LogP contribution < -0.4 is 5.73 Å². The molecular weight excluding hydrogens is 210 g/mol. The van der Waals surface area contributed by atoms with Gasteiger partial charge in [0.05, 0.1) is 6.54 Å². The van der Waals surface area contributed by atoms with E-state index in [1.54, 1.807) is 0 Å². The molecule has 2 N–H and O–H groups in total. The zero-order valence-electron chi connectivity index (χ0n) is 10.6. The Morgan fingerprint density at radius 2 is 2.06 bits per heavy atom. The van der Waals surface area contributed by atoms with Crippen molar-refractivity contribution in [1.29, 1.82) is 0 Å². The van der Waals surface area contributed by atoms with Gasteiger partial charge in [-0.15, -0.1) is 0 Å². The molecule has 1 atom stereocenters. The summed E-state index contributed by atoms with van der Waals surface area (Å²) in [4.78, 5) is 1.81. The van der Waals surface area contributed by atoms with Gasteiger partial charge in [-0.2, -0.15) is 0 Å². The molecule has 2 nitrogen and oxygen atoms in total. The average molecular weight is 234 g/mol. The fourth-order valence-electron chi connectivity index (χ4n) is 2.69. The van der Waals surface area contributed by atoms with Gasteiger partial charge in [0.1, 0.15) is 0 Å². The summed E-state index contributed by atoms with van der Waals surface area (Å²) in [6, 6.07) is 0. The lowest BCUT2D eigenvalue weighted by atomic mass is 9.90. The highest BCUT2D eigenvalue weighted by Crippen LogP contribution is 2.27. The monoisotopic (exact) mass is 234 g/mol. The minimum absolute atomic E-state index is 0.0228. The molecule has 0 radical (unpaired) electrons. The first-order valence-electron chi connectivity index (χ1n) is 6.09. The number of alkyl halides is 2. The topological polar surface area (TPSA) is 29.3 Å². The van der Waals surface area contributed by atoms with Crippen LogP contribution in [-0.4, -0.2) is 36.0 Å². The summed E-state index contributed by atoms with van der Waals surface area (Å²) < 4.78 is 26.4. The van der Waals surface area contributed by atoms with Crippen LogP contribution >= 0.6 is 0 Å². The second kappa shape index (κ2) is 4.96. The number of hydrogen-bond acceptors (Lipinski definition) is 2. The Kier molecular flexibility index (Phi) is 4.29. The van der Waals surface area contributed by atoms with Gasteiger partial charge in [-0.25, -0.2) is 8.78 Å². The fourth-order valence-corrected chi connectivity index (χ4v) is 2.69. The Labute approximate surface area is 97.2 Å². The van der Waals surface area contributed by atoms with Crippen molar-refractivity contribution >= 4 is 0 Å². The summed E-state index contributed by atoms with van der Waals surface area (Å²) in [5, 5.41) is 0. The molecule has 0 aliphatic carbocycles. The summed E-state index contributed by atoms with van der Waals surface area (Å²) in [5.74, 6) is -2.02. The highest BCUT2D eigenvalue weighted by molar-refractivity contribution is 4.87. The lowest BCUT2D eigenvalue weighted by Gasteiger charge is -2.38. The van der Waals surface area contributed by atoms with Crippen LogP contribution in [0.15, 0.2) is 0 Å². The quantitative estimate of drug-likeness (QED) is 0.809. The van der Waals surface area contributed by atoms with E-state index in [1.165, 1.54) is 0 Å². The molecule has 0 amide bonds. The highest BCUT2D eigenvalue weighted by atomic mass is 19.3. The standard InChI is InChI=1S/C12H24F2N2/c1-10(2)7-11(3,15)8-16-6-4-5-12(13,14)9-16/h10H,4-9,15H2,1-3H3. The van der Waals surface area contributed by atoms with Crippen LogP contribution in [0.1, 0.15) is 40.0 Å². The van der Waals surface area contributed by atoms with E-state index in [9.17, 15) is 8.78 Å². The first-order valence-corrected chi connectivity index (χ1v) is 6.09. The molecule has 0 aromatic heterocycles. The van der Waals surface area contributed by atoms with Gasteiger partial charge in [0.2, 0.25) is 0 Å². The third-order valence-corrected chi connectivity index (χ3v) is 2.93. The van der Waals surface area contributed by atoms with Gasteiger partial charge >= 0.3 is 0 Å². The fraction of sp³-hybridized carbons (Fsp3) is 1.00. The maximum Gasteiger partial charge on any atom is 0.260 e. The molecule has 0 aromatic carbocycles. The summed E-state index contributed by atoms with van der Waals surface area (Å²) in [7, 11) is 0. The van der Waals surface area contributed by atoms with Crippen molar-refractivity contribution in [2.75, 3.05) is 19.6 Å². The largest absolute Gasteiger partial charge is 0.324 e. The number of hydrogen-bond donors (Lipinski definition) is 1. The maximum absolute atomic E-state index is 13.2. The van der Waals surface area contributed by atoms with Gasteiger partial charge in [0.15, 0.2) is 0 Å². The Bertz CT molecular complexity index is 227. The minimum atomic E-state index is -2.52. The van der Waals surface area contributed by atoms with Crippen LogP contribution in [0, 0.1) is 5.92 Å². The van der Waals surface area contributed by atoms with Crippen molar-refractivity contribution in [1.82, 2.24) is 4.90 Å². The molecule has 1 aliphatic heterocycles. The van der Waals surface area contributed by atoms with Crippen LogP contribution in [0.2, 0.25) is 0 Å². The van der Waals surface area contributed by atoms with Gasteiger partial charge in [-0.3, -0.25) is 4.90 Å². The Hall–Kier alpha value is -0.220. The molecule has 1 saturated heterocycles. The third-order valence-electron chi connectivity index (χ3n) is 2.93. The van der Waals surface area contributed by atoms with Crippen LogP contribution in [0.5, 0.6) is 0 Å². The molecule has 0 aromatic rings. The van der Waals surface area contributed by atoms with Gasteiger partial charge in [-0.1, -0.05) is 13.8 Å². The van der Waals surface area contributed by atoms with Crippen molar-refractivity contribution in [3.8, 4) is 0 Å².